The molecule has 1 amide bonds. The number of carbonyl (C=O) groups is 1. The highest BCUT2D eigenvalue weighted by Gasteiger charge is 2.28. The molecule has 0 fully saturated rings. The number of hydrogen-bond donors (Lipinski definition) is 5. The molecule has 22 heteroatoms. The van der Waals surface area contributed by atoms with Crippen LogP contribution in [-0.2, 0) is 40.8 Å². The van der Waals surface area contributed by atoms with E-state index in [1.807, 2.05) is 27.7 Å². The largest absolute Gasteiger partial charge is 0.508 e. The maximum absolute atomic E-state index is 13.3. The molecule has 4 atom stereocenters. The van der Waals surface area contributed by atoms with Gasteiger partial charge in [-0.05, 0) is 81.0 Å². The Labute approximate surface area is 388 Å². The van der Waals surface area contributed by atoms with E-state index in [0.29, 0.717) is 58.2 Å². The predicted octanol–water partition coefficient (Wildman–Crippen LogP) is 10.7. The standard InChI is InChI=1S/C43H62NO16P3S2/c1-3-5-6-12-26-64-65-27-13-8-7-11-23-55-62(50,51)56-24-25-57-63(52,53)59-32-33(31-58-61(48,49)54-4-2)15-9-10-22-44-43(47)35-17-14-16-34(28-35)42-38-20-18-36(45)29-40(38)60-41-30-37(46)19-21-39(41)42/h14,16-21,28-30,33,45H,3-13,15,22-27,31-32H2,1-2H3,(H,44,47)(H,48,49)(H,50,51)(H,52,53). The lowest BCUT2D eigenvalue weighted by Crippen LogP contribution is -2.24. The van der Waals surface area contributed by atoms with E-state index in [1.54, 1.807) is 30.3 Å². The van der Waals surface area contributed by atoms with Crippen LogP contribution < -0.4 is 10.7 Å². The molecule has 2 aromatic rings. The molecule has 0 aromatic heterocycles. The maximum atomic E-state index is 13.3. The second-order valence-corrected chi connectivity index (χ2v) is 22.1. The van der Waals surface area contributed by atoms with E-state index in [0.717, 1.165) is 25.0 Å². The summed E-state index contributed by atoms with van der Waals surface area (Å²) in [5.74, 6) is 1.50. The first-order valence-electron chi connectivity index (χ1n) is 21.8. The number of nitrogens with one attached hydrogen (secondary N) is 1. The number of phosphoric acid groups is 3. The van der Waals surface area contributed by atoms with E-state index < -0.39 is 49.2 Å². The number of phenols is 1. The van der Waals surface area contributed by atoms with Crippen LogP contribution in [0.15, 0.2) is 69.9 Å². The van der Waals surface area contributed by atoms with Crippen molar-refractivity contribution in [3.05, 3.63) is 76.5 Å². The van der Waals surface area contributed by atoms with Crippen LogP contribution in [0.3, 0.4) is 0 Å². The average molecular weight is 1010 g/mol. The molecule has 0 saturated heterocycles. The molecule has 0 radical (unpaired) electrons. The second kappa shape index (κ2) is 28.7. The van der Waals surface area contributed by atoms with Crippen molar-refractivity contribution < 1.29 is 69.8 Å². The molecule has 0 bridgehead atoms. The van der Waals surface area contributed by atoms with Crippen molar-refractivity contribution in [3.8, 4) is 28.2 Å². The molecule has 4 unspecified atom stereocenters. The van der Waals surface area contributed by atoms with E-state index in [9.17, 15) is 43.1 Å². The van der Waals surface area contributed by atoms with Crippen molar-refractivity contribution in [1.82, 2.24) is 5.32 Å². The highest BCUT2D eigenvalue weighted by atomic mass is 33.1. The quantitative estimate of drug-likeness (QED) is 0.0126. The third-order valence-electron chi connectivity index (χ3n) is 9.79. The minimum Gasteiger partial charge on any atom is -0.508 e. The van der Waals surface area contributed by atoms with Crippen molar-refractivity contribution in [1.29, 1.82) is 0 Å². The first kappa shape index (κ1) is 55.0. The zero-order valence-corrected chi connectivity index (χ0v) is 41.2. The van der Waals surface area contributed by atoms with E-state index in [1.165, 1.54) is 62.6 Å². The second-order valence-electron chi connectivity index (χ2n) is 15.0. The Kier molecular flexibility index (Phi) is 24.3. The van der Waals surface area contributed by atoms with Gasteiger partial charge in [-0.25, -0.2) is 13.7 Å². The number of unbranched alkanes of at least 4 members (excludes halogenated alkanes) is 7. The van der Waals surface area contributed by atoms with E-state index >= 15 is 0 Å². The van der Waals surface area contributed by atoms with Crippen molar-refractivity contribution in [2.75, 3.05) is 57.7 Å². The molecule has 0 saturated carbocycles. The van der Waals surface area contributed by atoms with Gasteiger partial charge in [0, 0.05) is 58.2 Å². The molecule has 362 valence electrons. The summed E-state index contributed by atoms with van der Waals surface area (Å²) in [6, 6.07) is 16.1. The predicted molar refractivity (Wildman–Crippen MR) is 254 cm³/mol. The Morgan fingerprint density at radius 2 is 1.35 bits per heavy atom. The van der Waals surface area contributed by atoms with Crippen LogP contribution in [0, 0.1) is 5.92 Å². The summed E-state index contributed by atoms with van der Waals surface area (Å²) in [6.07, 6.45) is 9.65. The van der Waals surface area contributed by atoms with Crippen LogP contribution in [0.1, 0.15) is 94.8 Å². The fourth-order valence-electron chi connectivity index (χ4n) is 6.54. The minimum atomic E-state index is -4.71. The van der Waals surface area contributed by atoms with Gasteiger partial charge in [0.2, 0.25) is 0 Å². The van der Waals surface area contributed by atoms with Gasteiger partial charge < -0.3 is 29.5 Å². The number of aromatic hydroxyl groups is 1. The molecule has 1 aliphatic heterocycles. The van der Waals surface area contributed by atoms with Gasteiger partial charge in [-0.3, -0.25) is 36.7 Å². The number of rotatable bonds is 34. The Balaban J connectivity index is 1.19. The van der Waals surface area contributed by atoms with Crippen LogP contribution in [-0.4, -0.2) is 83.4 Å². The van der Waals surface area contributed by atoms with Crippen molar-refractivity contribution in [2.24, 2.45) is 5.92 Å². The van der Waals surface area contributed by atoms with Crippen LogP contribution >= 0.6 is 45.1 Å². The number of hydrogen-bond acceptors (Lipinski definition) is 15. The normalized spacial score (nSPS) is 15.1. The monoisotopic (exact) mass is 1010 g/mol. The smallest absolute Gasteiger partial charge is 0.472 e. The summed E-state index contributed by atoms with van der Waals surface area (Å²) in [5.41, 5.74) is 2.54. The average Bonchev–Trinajstić information content (AvgIpc) is 3.26. The SMILES string of the molecule is CCCCCCSSCCCCCCOP(=O)(O)OCCOP(=O)(O)OCC(CCCCNC(=O)c1cccc(-c2c3ccc(=O)cc-3oc3cc(O)ccc23)c1)COP(=O)(O)OCC. The molecule has 2 aromatic carbocycles. The van der Waals surface area contributed by atoms with Crippen LogP contribution in [0.4, 0.5) is 0 Å². The van der Waals surface area contributed by atoms with E-state index in [4.69, 9.17) is 31.6 Å². The highest BCUT2D eigenvalue weighted by molar-refractivity contribution is 8.76. The Bertz CT molecular complexity index is 2250. The lowest BCUT2D eigenvalue weighted by molar-refractivity contribution is 0.0782. The summed E-state index contributed by atoms with van der Waals surface area (Å²) in [6.45, 7) is 1.98. The number of phenolic OH excluding ortho intramolecular Hbond substituents is 1. The van der Waals surface area contributed by atoms with Crippen LogP contribution in [0.2, 0.25) is 0 Å². The number of benzene rings is 3. The van der Waals surface area contributed by atoms with Crippen molar-refractivity contribution >= 4 is 61.9 Å². The first-order valence-corrected chi connectivity index (χ1v) is 28.8. The van der Waals surface area contributed by atoms with Gasteiger partial charge in [-0.1, -0.05) is 79.2 Å². The van der Waals surface area contributed by atoms with E-state index in [2.05, 4.69) is 12.2 Å². The molecule has 0 spiro atoms. The van der Waals surface area contributed by atoms with Gasteiger partial charge in [0.05, 0.1) is 39.6 Å². The molecular weight excluding hydrogens is 944 g/mol. The molecule has 17 nitrogen and oxygen atoms in total. The van der Waals surface area contributed by atoms with Crippen molar-refractivity contribution in [3.63, 3.8) is 0 Å². The minimum absolute atomic E-state index is 0.00830. The van der Waals surface area contributed by atoms with E-state index in [-0.39, 0.29) is 49.9 Å². The lowest BCUT2D eigenvalue weighted by Gasteiger charge is -2.20. The molecule has 5 N–H and O–H groups in total. The summed E-state index contributed by atoms with van der Waals surface area (Å²) in [7, 11) is -9.75. The molecule has 4 rings (SSSR count). The fourth-order valence-corrected chi connectivity index (χ4v) is 11.2. The fraction of sp³-hybridized carbons (Fsp3) is 0.535. The third-order valence-corrected chi connectivity index (χ3v) is 15.4. The van der Waals surface area contributed by atoms with Gasteiger partial charge in [0.1, 0.15) is 17.1 Å². The number of phosphoric ester groups is 3. The first-order chi connectivity index (χ1) is 31.1. The number of carbonyl (C=O) groups excluding carboxylic acids is 1. The molecule has 1 heterocycles. The van der Waals surface area contributed by atoms with Gasteiger partial charge >= 0.3 is 23.5 Å². The molecular formula is C43H62NO16P3S2. The zero-order valence-electron chi connectivity index (χ0n) is 36.8. The molecule has 65 heavy (non-hydrogen) atoms. The molecule has 2 aliphatic rings. The molecule has 1 aliphatic carbocycles. The summed E-state index contributed by atoms with van der Waals surface area (Å²) < 4.78 is 72.8. The summed E-state index contributed by atoms with van der Waals surface area (Å²) in [5, 5.41) is 13.6. The number of fused-ring (bicyclic) bond motifs is 2. The lowest BCUT2D eigenvalue weighted by atomic mass is 9.92. The van der Waals surface area contributed by atoms with Gasteiger partial charge in [0.15, 0.2) is 5.43 Å². The summed E-state index contributed by atoms with van der Waals surface area (Å²) >= 11 is 0. The van der Waals surface area contributed by atoms with Crippen LogP contribution in [0.5, 0.6) is 5.75 Å². The highest BCUT2D eigenvalue weighted by Crippen LogP contribution is 2.47. The zero-order chi connectivity index (χ0) is 47.1. The maximum Gasteiger partial charge on any atom is 0.472 e. The third kappa shape index (κ3) is 20.7. The van der Waals surface area contributed by atoms with Gasteiger partial charge in [-0.2, -0.15) is 0 Å². The topological polar surface area (TPSA) is 247 Å². The Morgan fingerprint density at radius 3 is 2.05 bits per heavy atom. The Hall–Kier alpha value is -2.57. The van der Waals surface area contributed by atoms with Gasteiger partial charge in [-0.15, -0.1) is 0 Å². The summed E-state index contributed by atoms with van der Waals surface area (Å²) in [4.78, 5) is 55.6. The number of amides is 1. The van der Waals surface area contributed by atoms with Gasteiger partial charge in [0.25, 0.3) is 5.91 Å². The van der Waals surface area contributed by atoms with Crippen LogP contribution in [0.25, 0.3) is 33.4 Å². The van der Waals surface area contributed by atoms with Crippen molar-refractivity contribution in [2.45, 2.75) is 84.5 Å². The Morgan fingerprint density at radius 1 is 0.708 bits per heavy atom.